The second kappa shape index (κ2) is 7.41. The van der Waals surface area contributed by atoms with Crippen LogP contribution in [0.2, 0.25) is 0 Å². The predicted octanol–water partition coefficient (Wildman–Crippen LogP) is 2.96. The molecule has 23 heavy (non-hydrogen) atoms. The van der Waals surface area contributed by atoms with Crippen molar-refractivity contribution in [1.29, 1.82) is 0 Å². The van der Waals surface area contributed by atoms with Gasteiger partial charge in [0.1, 0.15) is 0 Å². The summed E-state index contributed by atoms with van der Waals surface area (Å²) < 4.78 is 5.04. The molecule has 1 N–H and O–H groups in total. The fourth-order valence-corrected chi connectivity index (χ4v) is 3.05. The lowest BCUT2D eigenvalue weighted by Crippen LogP contribution is -2.16. The molecule has 122 valence electrons. The maximum atomic E-state index is 12.7. The Bertz CT molecular complexity index is 713. The maximum Gasteiger partial charge on any atom is 0.340 e. The van der Waals surface area contributed by atoms with Gasteiger partial charge in [0.2, 0.25) is 0 Å². The van der Waals surface area contributed by atoms with Gasteiger partial charge in [0, 0.05) is 18.1 Å². The molecule has 2 aromatic heterocycles. The minimum absolute atomic E-state index is 0.0985. The highest BCUT2D eigenvalue weighted by atomic mass is 32.2. The van der Waals surface area contributed by atoms with Crippen molar-refractivity contribution in [3.63, 3.8) is 0 Å². The Morgan fingerprint density at radius 3 is 2.57 bits per heavy atom. The maximum absolute atomic E-state index is 12.7. The fourth-order valence-electron chi connectivity index (χ4n) is 2.27. The van der Waals surface area contributed by atoms with E-state index in [4.69, 9.17) is 4.74 Å². The summed E-state index contributed by atoms with van der Waals surface area (Å²) >= 11 is 1.28. The molecule has 0 spiro atoms. The number of aromatic amines is 1. The number of rotatable bonds is 6. The van der Waals surface area contributed by atoms with Gasteiger partial charge in [-0.25, -0.2) is 14.8 Å². The van der Waals surface area contributed by atoms with E-state index in [1.807, 2.05) is 0 Å². The predicted molar refractivity (Wildman–Crippen MR) is 87.9 cm³/mol. The van der Waals surface area contributed by atoms with Gasteiger partial charge in [-0.15, -0.1) is 0 Å². The molecule has 0 aromatic carbocycles. The second-order valence-electron chi connectivity index (χ2n) is 5.00. The quantitative estimate of drug-likeness (QED) is 0.379. The number of esters is 1. The lowest BCUT2D eigenvalue weighted by atomic mass is 10.1. The van der Waals surface area contributed by atoms with Crippen LogP contribution in [0.3, 0.4) is 0 Å². The third kappa shape index (κ3) is 3.79. The molecule has 2 rings (SSSR count). The average molecular weight is 333 g/mol. The second-order valence-corrected chi connectivity index (χ2v) is 6.31. The third-order valence-corrected chi connectivity index (χ3v) is 4.35. The van der Waals surface area contributed by atoms with Gasteiger partial charge in [0.15, 0.2) is 10.9 Å². The standard InChI is InChI=1S/C16H19N3O3S/c1-5-22-15(21)12-9(2)13(19-10(12)3)14(20)11(4)23-16-17-7-6-8-18-16/h6-8,11,19H,5H2,1-4H3/t11-/m0/s1. The van der Waals surface area contributed by atoms with E-state index in [1.54, 1.807) is 46.2 Å². The molecule has 0 bridgehead atoms. The smallest absolute Gasteiger partial charge is 0.340 e. The monoisotopic (exact) mass is 333 g/mol. The van der Waals surface area contributed by atoms with Crippen LogP contribution >= 0.6 is 11.8 Å². The van der Waals surface area contributed by atoms with E-state index in [1.165, 1.54) is 11.8 Å². The molecule has 0 amide bonds. The lowest BCUT2D eigenvalue weighted by molar-refractivity contribution is 0.0525. The SMILES string of the molecule is CCOC(=O)c1c(C)[nH]c(C(=O)[C@H](C)Sc2ncccn2)c1C. The molecule has 0 saturated heterocycles. The van der Waals surface area contributed by atoms with Gasteiger partial charge in [0.25, 0.3) is 0 Å². The molecular weight excluding hydrogens is 314 g/mol. The number of nitrogens with zero attached hydrogens (tertiary/aromatic N) is 2. The third-order valence-electron chi connectivity index (χ3n) is 3.36. The van der Waals surface area contributed by atoms with Crippen LogP contribution < -0.4 is 0 Å². The van der Waals surface area contributed by atoms with Crippen molar-refractivity contribution in [2.75, 3.05) is 6.61 Å². The van der Waals surface area contributed by atoms with Crippen LogP contribution in [0.1, 0.15) is 46.0 Å². The summed E-state index contributed by atoms with van der Waals surface area (Å²) in [7, 11) is 0. The summed E-state index contributed by atoms with van der Waals surface area (Å²) in [5, 5.41) is 0.170. The molecule has 7 heteroatoms. The van der Waals surface area contributed by atoms with E-state index < -0.39 is 5.97 Å². The van der Waals surface area contributed by atoms with Crippen molar-refractivity contribution < 1.29 is 14.3 Å². The number of carbonyl (C=O) groups excluding carboxylic acids is 2. The van der Waals surface area contributed by atoms with Crippen LogP contribution in [-0.4, -0.2) is 38.6 Å². The molecule has 1 atom stereocenters. The number of Topliss-reactive ketones (excluding diaryl/α,β-unsaturated/α-hetero) is 1. The van der Waals surface area contributed by atoms with E-state index in [0.29, 0.717) is 34.3 Å². The van der Waals surface area contributed by atoms with E-state index in [9.17, 15) is 9.59 Å². The Morgan fingerprint density at radius 2 is 1.96 bits per heavy atom. The summed E-state index contributed by atoms with van der Waals surface area (Å²) in [6.45, 7) is 7.35. The number of aromatic nitrogens is 3. The van der Waals surface area contributed by atoms with Gasteiger partial charge >= 0.3 is 5.97 Å². The van der Waals surface area contributed by atoms with Gasteiger partial charge in [-0.1, -0.05) is 11.8 Å². The zero-order chi connectivity index (χ0) is 17.0. The van der Waals surface area contributed by atoms with E-state index >= 15 is 0 Å². The molecule has 0 fully saturated rings. The molecular formula is C16H19N3O3S. The highest BCUT2D eigenvalue weighted by Crippen LogP contribution is 2.26. The Balaban J connectivity index is 2.22. The Morgan fingerprint density at radius 1 is 1.30 bits per heavy atom. The van der Waals surface area contributed by atoms with Crippen LogP contribution in [0.4, 0.5) is 0 Å². The Labute approximate surface area is 139 Å². The first-order chi connectivity index (χ1) is 11.0. The molecule has 2 aromatic rings. The molecule has 0 saturated carbocycles. The molecule has 0 aliphatic heterocycles. The number of nitrogens with one attached hydrogen (secondary N) is 1. The van der Waals surface area contributed by atoms with Crippen molar-refractivity contribution in [2.45, 2.75) is 38.1 Å². The summed E-state index contributed by atoms with van der Waals surface area (Å²) in [4.78, 5) is 35.9. The molecule has 0 radical (unpaired) electrons. The molecule has 6 nitrogen and oxygen atoms in total. The number of hydrogen-bond donors (Lipinski definition) is 1. The van der Waals surface area contributed by atoms with Gasteiger partial charge in [-0.05, 0) is 39.3 Å². The van der Waals surface area contributed by atoms with Crippen LogP contribution in [0, 0.1) is 13.8 Å². The van der Waals surface area contributed by atoms with Gasteiger partial charge in [-0.3, -0.25) is 4.79 Å². The summed E-state index contributed by atoms with van der Waals surface area (Å²) in [5.74, 6) is -0.511. The van der Waals surface area contributed by atoms with Crippen molar-refractivity contribution in [2.24, 2.45) is 0 Å². The van der Waals surface area contributed by atoms with Crippen LogP contribution in [-0.2, 0) is 4.74 Å². The average Bonchev–Trinajstić information content (AvgIpc) is 2.82. The minimum atomic E-state index is -0.413. The van der Waals surface area contributed by atoms with E-state index in [0.717, 1.165) is 0 Å². The molecule has 0 unspecified atom stereocenters. The number of H-pyrrole nitrogens is 1. The lowest BCUT2D eigenvalue weighted by Gasteiger charge is -2.08. The van der Waals surface area contributed by atoms with Crippen molar-refractivity contribution in [3.8, 4) is 0 Å². The summed E-state index contributed by atoms with van der Waals surface area (Å²) in [5.41, 5.74) is 2.12. The highest BCUT2D eigenvalue weighted by Gasteiger charge is 2.26. The zero-order valence-corrected chi connectivity index (χ0v) is 14.4. The topological polar surface area (TPSA) is 84.9 Å². The van der Waals surface area contributed by atoms with Crippen LogP contribution in [0.15, 0.2) is 23.6 Å². The zero-order valence-electron chi connectivity index (χ0n) is 13.5. The Kier molecular flexibility index (Phi) is 5.54. The van der Waals surface area contributed by atoms with Gasteiger partial charge in [0.05, 0.1) is 23.1 Å². The van der Waals surface area contributed by atoms with E-state index in [-0.39, 0.29) is 11.0 Å². The van der Waals surface area contributed by atoms with Crippen LogP contribution in [0.5, 0.6) is 0 Å². The fraction of sp³-hybridized carbons (Fsp3) is 0.375. The summed E-state index contributed by atoms with van der Waals surface area (Å²) in [6.07, 6.45) is 3.27. The number of ether oxygens (including phenoxy) is 1. The number of carbonyl (C=O) groups is 2. The highest BCUT2D eigenvalue weighted by molar-refractivity contribution is 8.00. The first-order valence-corrected chi connectivity index (χ1v) is 8.17. The largest absolute Gasteiger partial charge is 0.462 e. The normalized spacial score (nSPS) is 12.0. The van der Waals surface area contributed by atoms with Crippen molar-refractivity contribution in [3.05, 3.63) is 41.0 Å². The molecule has 0 aliphatic rings. The minimum Gasteiger partial charge on any atom is -0.462 e. The molecule has 2 heterocycles. The number of thioether (sulfide) groups is 1. The van der Waals surface area contributed by atoms with Gasteiger partial charge < -0.3 is 9.72 Å². The summed E-state index contributed by atoms with van der Waals surface area (Å²) in [6, 6.07) is 1.72. The number of ketones is 1. The van der Waals surface area contributed by atoms with Gasteiger partial charge in [-0.2, -0.15) is 0 Å². The van der Waals surface area contributed by atoms with Crippen molar-refractivity contribution >= 4 is 23.5 Å². The number of aryl methyl sites for hydroxylation is 1. The Hall–Kier alpha value is -2.15. The molecule has 0 aliphatic carbocycles. The number of hydrogen-bond acceptors (Lipinski definition) is 6. The first-order valence-electron chi connectivity index (χ1n) is 7.29. The van der Waals surface area contributed by atoms with Crippen LogP contribution in [0.25, 0.3) is 0 Å². The van der Waals surface area contributed by atoms with Crippen molar-refractivity contribution in [1.82, 2.24) is 15.0 Å². The van der Waals surface area contributed by atoms with E-state index in [2.05, 4.69) is 15.0 Å². The first kappa shape index (κ1) is 17.2.